The maximum Gasteiger partial charge on any atom is 0.344 e. The second-order valence-corrected chi connectivity index (χ2v) is 16.3. The highest BCUT2D eigenvalue weighted by Crippen LogP contribution is 2.48. The Morgan fingerprint density at radius 1 is 1.07 bits per heavy atom. The van der Waals surface area contributed by atoms with E-state index in [0.29, 0.717) is 60.1 Å². The van der Waals surface area contributed by atoms with Gasteiger partial charge in [0.25, 0.3) is 0 Å². The number of carbonyl (C=O) groups excluding carboxylic acids is 3. The first-order valence-corrected chi connectivity index (χ1v) is 19.5. The molecule has 0 unspecified atom stereocenters. The molecule has 1 aliphatic carbocycles. The standard InChI is InChI=1S/C42H57NO11/c1-10-22(2)36-25(5)16-17-41(53-36)20-32-19-31(52-41)15-14-24(4)35(49-29(9)44)23(3)12-11-13-30-21-48-38-37(51-40(46)34-27(7)43-54-28(34)8)26(6)18-33(39(45)50-32)42(30,38)47/h11-14,18,22-23,25,31-33,35-38,47H,10,15-17,19-21H2,1-9H3/b12-11+,24-14+,30-13+/t22-,23-,25-,31+,32-,33-,35-,36+,37+,38+,41+,42+/m0/s1. The Balaban J connectivity index is 1.40. The molecular weight excluding hydrogens is 694 g/mol. The minimum Gasteiger partial charge on any atom is -0.462 e. The molecule has 12 heteroatoms. The van der Waals surface area contributed by atoms with Gasteiger partial charge in [0.05, 0.1) is 24.5 Å². The van der Waals surface area contributed by atoms with Gasteiger partial charge in [-0.15, -0.1) is 0 Å². The highest BCUT2D eigenvalue weighted by Gasteiger charge is 2.61. The minimum absolute atomic E-state index is 0.0197. The summed E-state index contributed by atoms with van der Waals surface area (Å²) >= 11 is 0. The Morgan fingerprint density at radius 2 is 1.83 bits per heavy atom. The summed E-state index contributed by atoms with van der Waals surface area (Å²) in [6.45, 7) is 16.9. The SMILES string of the molecule is CC[C@H](C)[C@H]1O[C@]2(CC[C@@H]1C)C[C@@H]1C[C@@H](C/C=C(\C)[C@@H](OC(C)=O)[C@@H](C)/C=C/C=C3\CO[C@@H]4[C@H](OC(=O)c5c(C)noc5C)C(C)=C[C@@H](C(=O)O1)[C@]34O)O2. The first-order valence-electron chi connectivity index (χ1n) is 19.5. The molecule has 1 N–H and O–H groups in total. The van der Waals surface area contributed by atoms with Crippen LogP contribution in [0.4, 0.5) is 0 Å². The Morgan fingerprint density at radius 3 is 2.52 bits per heavy atom. The van der Waals surface area contributed by atoms with Crippen LogP contribution in [0.1, 0.15) is 109 Å². The highest BCUT2D eigenvalue weighted by molar-refractivity contribution is 5.92. The zero-order valence-electron chi connectivity index (χ0n) is 33.1. The number of allylic oxidation sites excluding steroid dienone is 2. The number of ether oxygens (including phenoxy) is 6. The molecule has 1 spiro atoms. The van der Waals surface area contributed by atoms with Gasteiger partial charge in [0, 0.05) is 32.1 Å². The number of hydrogen-bond donors (Lipinski definition) is 1. The van der Waals surface area contributed by atoms with Crippen LogP contribution in [0.15, 0.2) is 51.6 Å². The minimum atomic E-state index is -1.92. The van der Waals surface area contributed by atoms with Gasteiger partial charge in [-0.1, -0.05) is 69.7 Å². The van der Waals surface area contributed by atoms with Crippen molar-refractivity contribution < 1.29 is 52.4 Å². The van der Waals surface area contributed by atoms with Crippen molar-refractivity contribution in [3.05, 3.63) is 64.1 Å². The lowest BCUT2D eigenvalue weighted by molar-refractivity contribution is -0.340. The van der Waals surface area contributed by atoms with Crippen molar-refractivity contribution >= 4 is 17.9 Å². The van der Waals surface area contributed by atoms with Crippen LogP contribution in [0.2, 0.25) is 0 Å². The number of aryl methyl sites for hydroxylation is 2. The number of fused-ring (bicyclic) bond motifs is 2. The smallest absolute Gasteiger partial charge is 0.344 e. The van der Waals surface area contributed by atoms with Crippen LogP contribution in [0.3, 0.4) is 0 Å². The molecule has 54 heavy (non-hydrogen) atoms. The summed E-state index contributed by atoms with van der Waals surface area (Å²) in [5.74, 6) is -3.09. The van der Waals surface area contributed by atoms with E-state index in [1.54, 1.807) is 39.0 Å². The topological polar surface area (TPSA) is 153 Å². The molecular formula is C42H57NO11. The molecule has 3 fully saturated rings. The maximum atomic E-state index is 14.5. The monoisotopic (exact) mass is 751 g/mol. The van der Waals surface area contributed by atoms with Crippen molar-refractivity contribution in [3.63, 3.8) is 0 Å². The number of esters is 3. The summed E-state index contributed by atoms with van der Waals surface area (Å²) in [7, 11) is 0. The van der Waals surface area contributed by atoms with Gasteiger partial charge in [0.2, 0.25) is 0 Å². The number of carbonyl (C=O) groups is 3. The van der Waals surface area contributed by atoms with Crippen LogP contribution in [-0.4, -0.2) is 82.8 Å². The summed E-state index contributed by atoms with van der Waals surface area (Å²) in [6.07, 6.45) is 9.19. The van der Waals surface area contributed by atoms with Crippen molar-refractivity contribution in [3.8, 4) is 0 Å². The van der Waals surface area contributed by atoms with E-state index in [9.17, 15) is 19.5 Å². The van der Waals surface area contributed by atoms with Crippen molar-refractivity contribution in [2.75, 3.05) is 6.61 Å². The molecule has 5 aliphatic rings. The number of aliphatic hydroxyl groups is 1. The van der Waals surface area contributed by atoms with E-state index in [1.165, 1.54) is 6.92 Å². The van der Waals surface area contributed by atoms with Crippen molar-refractivity contribution in [1.82, 2.24) is 5.16 Å². The van der Waals surface area contributed by atoms with Gasteiger partial charge in [0.1, 0.15) is 41.2 Å². The molecule has 296 valence electrons. The molecule has 5 heterocycles. The van der Waals surface area contributed by atoms with Gasteiger partial charge < -0.3 is 38.1 Å². The van der Waals surface area contributed by atoms with E-state index in [2.05, 4.69) is 25.9 Å². The second kappa shape index (κ2) is 15.9. The Bertz CT molecular complexity index is 1700. The van der Waals surface area contributed by atoms with Crippen LogP contribution < -0.4 is 0 Å². The van der Waals surface area contributed by atoms with E-state index >= 15 is 0 Å². The zero-order chi connectivity index (χ0) is 39.1. The van der Waals surface area contributed by atoms with E-state index < -0.39 is 59.6 Å². The second-order valence-electron chi connectivity index (χ2n) is 16.3. The van der Waals surface area contributed by atoms with Gasteiger partial charge >= 0.3 is 17.9 Å². The van der Waals surface area contributed by atoms with Crippen LogP contribution in [0, 0.1) is 37.5 Å². The molecule has 1 aromatic heterocycles. The van der Waals surface area contributed by atoms with E-state index in [4.69, 9.17) is 32.9 Å². The van der Waals surface area contributed by atoms with Gasteiger partial charge in [0.15, 0.2) is 11.9 Å². The van der Waals surface area contributed by atoms with Crippen LogP contribution in [0.25, 0.3) is 0 Å². The van der Waals surface area contributed by atoms with E-state index in [0.717, 1.165) is 18.4 Å². The Labute approximate surface area is 318 Å². The summed E-state index contributed by atoms with van der Waals surface area (Å²) in [4.78, 5) is 40.3. The molecule has 0 radical (unpaired) electrons. The predicted octanol–water partition coefficient (Wildman–Crippen LogP) is 6.57. The molecule has 12 atom stereocenters. The fourth-order valence-corrected chi connectivity index (χ4v) is 9.01. The fraction of sp³-hybridized carbons (Fsp3) is 0.667. The first kappa shape index (κ1) is 40.1. The molecule has 0 saturated carbocycles. The normalized spacial score (nSPS) is 40.2. The van der Waals surface area contributed by atoms with Crippen LogP contribution >= 0.6 is 0 Å². The van der Waals surface area contributed by atoms with Crippen molar-refractivity contribution in [2.45, 2.75) is 149 Å². The molecule has 1 aromatic rings. The van der Waals surface area contributed by atoms with Crippen LogP contribution in [-0.2, 0) is 38.0 Å². The molecule has 0 amide bonds. The number of nitrogens with zero attached hydrogens (tertiary/aromatic N) is 1. The number of aromatic nitrogens is 1. The average Bonchev–Trinajstić information content (AvgIpc) is 3.64. The molecule has 12 nitrogen and oxygen atoms in total. The summed E-state index contributed by atoms with van der Waals surface area (Å²) in [5.41, 5.74) is 0.488. The average molecular weight is 752 g/mol. The van der Waals surface area contributed by atoms with Crippen LogP contribution in [0.5, 0.6) is 0 Å². The predicted molar refractivity (Wildman–Crippen MR) is 197 cm³/mol. The van der Waals surface area contributed by atoms with Gasteiger partial charge in [-0.05, 0) is 69.1 Å². The van der Waals surface area contributed by atoms with E-state index in [1.807, 2.05) is 26.0 Å². The third-order valence-electron chi connectivity index (χ3n) is 12.2. The van der Waals surface area contributed by atoms with Crippen molar-refractivity contribution in [1.29, 1.82) is 0 Å². The summed E-state index contributed by atoms with van der Waals surface area (Å²) in [6, 6.07) is 0. The first-order chi connectivity index (χ1) is 25.6. The van der Waals surface area contributed by atoms with E-state index in [-0.39, 0.29) is 30.3 Å². The summed E-state index contributed by atoms with van der Waals surface area (Å²) < 4.78 is 43.4. The molecule has 6 rings (SSSR count). The maximum absolute atomic E-state index is 14.5. The lowest BCUT2D eigenvalue weighted by Crippen LogP contribution is -2.59. The fourth-order valence-electron chi connectivity index (χ4n) is 9.01. The molecule has 0 aromatic carbocycles. The van der Waals surface area contributed by atoms with Crippen molar-refractivity contribution in [2.24, 2.45) is 23.7 Å². The third kappa shape index (κ3) is 7.76. The zero-order valence-corrected chi connectivity index (χ0v) is 33.1. The molecule has 2 bridgehead atoms. The quantitative estimate of drug-likeness (QED) is 0.197. The highest BCUT2D eigenvalue weighted by atomic mass is 16.7. The lowest BCUT2D eigenvalue weighted by Gasteiger charge is -2.51. The Kier molecular flexibility index (Phi) is 11.8. The van der Waals surface area contributed by atoms with Gasteiger partial charge in [-0.25, -0.2) is 4.79 Å². The van der Waals surface area contributed by atoms with Gasteiger partial charge in [-0.2, -0.15) is 0 Å². The number of hydrogen-bond acceptors (Lipinski definition) is 12. The lowest BCUT2D eigenvalue weighted by atomic mass is 9.70. The Hall–Kier alpha value is -3.58. The largest absolute Gasteiger partial charge is 0.462 e. The molecule has 3 saturated heterocycles. The molecule has 4 aliphatic heterocycles. The van der Waals surface area contributed by atoms with Gasteiger partial charge in [-0.3, -0.25) is 9.59 Å². The summed E-state index contributed by atoms with van der Waals surface area (Å²) in [5, 5.41) is 16.7. The third-order valence-corrected chi connectivity index (χ3v) is 12.2. The number of rotatable bonds is 5.